The molecule has 0 spiro atoms. The summed E-state index contributed by atoms with van der Waals surface area (Å²) in [5.74, 6) is 0. The van der Waals surface area contributed by atoms with Crippen molar-refractivity contribution in [3.8, 4) is 0 Å². The van der Waals surface area contributed by atoms with Gasteiger partial charge in [0.25, 0.3) is 10.0 Å². The largest absolute Gasteiger partial charge is 0.314 e. The van der Waals surface area contributed by atoms with Crippen LogP contribution in [0.3, 0.4) is 0 Å². The van der Waals surface area contributed by atoms with Crippen molar-refractivity contribution in [3.05, 3.63) is 11.2 Å². The monoisotopic (exact) mass is 275 g/mol. The summed E-state index contributed by atoms with van der Waals surface area (Å²) in [6.45, 7) is 4.73. The fourth-order valence-electron chi connectivity index (χ4n) is 1.98. The van der Waals surface area contributed by atoms with Crippen LogP contribution in [-0.2, 0) is 10.0 Å². The van der Waals surface area contributed by atoms with E-state index < -0.39 is 10.0 Å². The zero-order chi connectivity index (χ0) is 12.5. The van der Waals surface area contributed by atoms with Crippen LogP contribution in [0, 0.1) is 6.92 Å². The molecular formula is C10H17N3O2S2. The van der Waals surface area contributed by atoms with Gasteiger partial charge in [0.05, 0.1) is 11.2 Å². The SMILES string of the molecule is Cc1ncc(S(=O)(=O)NC2CCNC(C)C2)s1. The smallest absolute Gasteiger partial charge is 0.251 e. The number of thiazole rings is 1. The van der Waals surface area contributed by atoms with Crippen LogP contribution in [0.2, 0.25) is 0 Å². The van der Waals surface area contributed by atoms with Crippen LogP contribution < -0.4 is 10.0 Å². The molecule has 0 amide bonds. The lowest BCUT2D eigenvalue weighted by molar-refractivity contribution is 0.361. The van der Waals surface area contributed by atoms with Crippen molar-refractivity contribution in [2.24, 2.45) is 0 Å². The van der Waals surface area contributed by atoms with Gasteiger partial charge in [-0.05, 0) is 33.2 Å². The molecule has 1 aromatic heterocycles. The van der Waals surface area contributed by atoms with E-state index in [1.54, 1.807) is 6.92 Å². The highest BCUT2D eigenvalue weighted by Crippen LogP contribution is 2.19. The normalized spacial score (nSPS) is 26.0. The highest BCUT2D eigenvalue weighted by molar-refractivity contribution is 7.91. The van der Waals surface area contributed by atoms with Crippen molar-refractivity contribution in [1.29, 1.82) is 0 Å². The predicted molar refractivity (Wildman–Crippen MR) is 67.7 cm³/mol. The van der Waals surface area contributed by atoms with Gasteiger partial charge in [-0.25, -0.2) is 18.1 Å². The summed E-state index contributed by atoms with van der Waals surface area (Å²) in [7, 11) is -3.38. The first-order chi connectivity index (χ1) is 7.97. The summed E-state index contributed by atoms with van der Waals surface area (Å²) in [4.78, 5) is 3.98. The predicted octanol–water partition coefficient (Wildman–Crippen LogP) is 0.870. The molecule has 2 rings (SSSR count). The van der Waals surface area contributed by atoms with E-state index in [0.717, 1.165) is 24.4 Å². The number of nitrogens with one attached hydrogen (secondary N) is 2. The van der Waals surface area contributed by atoms with E-state index in [1.807, 2.05) is 0 Å². The van der Waals surface area contributed by atoms with Crippen LogP contribution in [0.1, 0.15) is 24.8 Å². The zero-order valence-corrected chi connectivity index (χ0v) is 11.6. The van der Waals surface area contributed by atoms with Gasteiger partial charge >= 0.3 is 0 Å². The van der Waals surface area contributed by atoms with E-state index in [-0.39, 0.29) is 6.04 Å². The molecule has 2 heterocycles. The number of sulfonamides is 1. The summed E-state index contributed by atoms with van der Waals surface area (Å²) < 4.78 is 27.2. The average Bonchev–Trinajstić information content (AvgIpc) is 2.65. The highest BCUT2D eigenvalue weighted by Gasteiger charge is 2.25. The van der Waals surface area contributed by atoms with Crippen molar-refractivity contribution >= 4 is 21.4 Å². The Morgan fingerprint density at radius 3 is 2.94 bits per heavy atom. The highest BCUT2D eigenvalue weighted by atomic mass is 32.2. The van der Waals surface area contributed by atoms with Crippen LogP contribution in [0.5, 0.6) is 0 Å². The number of rotatable bonds is 3. The van der Waals surface area contributed by atoms with Crippen LogP contribution >= 0.6 is 11.3 Å². The van der Waals surface area contributed by atoms with Gasteiger partial charge in [0.15, 0.2) is 4.21 Å². The second kappa shape index (κ2) is 5.01. The van der Waals surface area contributed by atoms with Crippen molar-refractivity contribution in [2.75, 3.05) is 6.54 Å². The first-order valence-corrected chi connectivity index (χ1v) is 7.95. The lowest BCUT2D eigenvalue weighted by atomic mass is 10.0. The molecule has 0 radical (unpaired) electrons. The third-order valence-corrected chi connectivity index (χ3v) is 5.70. The number of hydrogen-bond acceptors (Lipinski definition) is 5. The van der Waals surface area contributed by atoms with E-state index in [2.05, 4.69) is 21.9 Å². The van der Waals surface area contributed by atoms with Gasteiger partial charge in [0, 0.05) is 12.1 Å². The van der Waals surface area contributed by atoms with E-state index in [0.29, 0.717) is 10.3 Å². The zero-order valence-electron chi connectivity index (χ0n) is 9.93. The van der Waals surface area contributed by atoms with Crippen molar-refractivity contribution < 1.29 is 8.42 Å². The molecule has 0 aromatic carbocycles. The third-order valence-electron chi connectivity index (χ3n) is 2.81. The first-order valence-electron chi connectivity index (χ1n) is 5.65. The molecule has 2 N–H and O–H groups in total. The number of aryl methyl sites for hydroxylation is 1. The molecule has 1 aromatic rings. The minimum absolute atomic E-state index is 0.0265. The topological polar surface area (TPSA) is 71.1 Å². The number of piperidine rings is 1. The Morgan fingerprint density at radius 2 is 2.35 bits per heavy atom. The summed E-state index contributed by atoms with van der Waals surface area (Å²) >= 11 is 1.21. The van der Waals surface area contributed by atoms with Gasteiger partial charge < -0.3 is 5.32 Å². The fourth-order valence-corrected chi connectivity index (χ4v) is 4.39. The summed E-state index contributed by atoms with van der Waals surface area (Å²) in [5.41, 5.74) is 0. The molecule has 7 heteroatoms. The number of hydrogen-bond donors (Lipinski definition) is 2. The van der Waals surface area contributed by atoms with Gasteiger partial charge in [-0.3, -0.25) is 0 Å². The van der Waals surface area contributed by atoms with Gasteiger partial charge in [0.2, 0.25) is 0 Å². The molecule has 17 heavy (non-hydrogen) atoms. The number of aromatic nitrogens is 1. The van der Waals surface area contributed by atoms with Gasteiger partial charge in [-0.1, -0.05) is 0 Å². The molecule has 1 fully saturated rings. The van der Waals surface area contributed by atoms with Crippen molar-refractivity contribution in [2.45, 2.75) is 43.0 Å². The van der Waals surface area contributed by atoms with E-state index in [1.165, 1.54) is 17.5 Å². The molecule has 5 nitrogen and oxygen atoms in total. The van der Waals surface area contributed by atoms with E-state index >= 15 is 0 Å². The van der Waals surface area contributed by atoms with Crippen molar-refractivity contribution in [3.63, 3.8) is 0 Å². The summed E-state index contributed by atoms with van der Waals surface area (Å²) in [5, 5.41) is 4.06. The molecule has 0 bridgehead atoms. The molecule has 0 saturated carbocycles. The Hall–Kier alpha value is -0.500. The van der Waals surface area contributed by atoms with E-state index in [9.17, 15) is 8.42 Å². The minimum Gasteiger partial charge on any atom is -0.314 e. The molecule has 2 unspecified atom stereocenters. The maximum Gasteiger partial charge on any atom is 0.251 e. The fraction of sp³-hybridized carbons (Fsp3) is 0.700. The summed E-state index contributed by atoms with van der Waals surface area (Å²) in [6.07, 6.45) is 3.09. The second-order valence-electron chi connectivity index (χ2n) is 4.40. The Bertz CT molecular complexity index is 483. The van der Waals surface area contributed by atoms with Gasteiger partial charge in [0.1, 0.15) is 0 Å². The number of nitrogens with zero attached hydrogens (tertiary/aromatic N) is 1. The summed E-state index contributed by atoms with van der Waals surface area (Å²) in [6, 6.07) is 0.387. The second-order valence-corrected chi connectivity index (χ2v) is 7.57. The standard InChI is InChI=1S/C10H17N3O2S2/c1-7-5-9(3-4-11-7)13-17(14,15)10-6-12-8(2)16-10/h6-7,9,11,13H,3-5H2,1-2H3. The Kier molecular flexibility index (Phi) is 3.82. The molecule has 2 atom stereocenters. The van der Waals surface area contributed by atoms with E-state index in [4.69, 9.17) is 0 Å². The Morgan fingerprint density at radius 1 is 1.59 bits per heavy atom. The molecule has 1 aliphatic rings. The van der Waals surface area contributed by atoms with Gasteiger partial charge in [-0.2, -0.15) is 0 Å². The molecule has 1 aliphatic heterocycles. The Balaban J connectivity index is 2.07. The Labute approximate surface area is 106 Å². The lowest BCUT2D eigenvalue weighted by Crippen LogP contribution is -2.46. The van der Waals surface area contributed by atoms with Gasteiger partial charge in [-0.15, -0.1) is 11.3 Å². The molecular weight excluding hydrogens is 258 g/mol. The van der Waals surface area contributed by atoms with Crippen LogP contribution in [-0.4, -0.2) is 32.0 Å². The van der Waals surface area contributed by atoms with Crippen LogP contribution in [0.4, 0.5) is 0 Å². The molecule has 0 aliphatic carbocycles. The first kappa shape index (κ1) is 12.9. The van der Waals surface area contributed by atoms with Crippen LogP contribution in [0.15, 0.2) is 10.4 Å². The minimum atomic E-state index is -3.38. The third kappa shape index (κ3) is 3.25. The lowest BCUT2D eigenvalue weighted by Gasteiger charge is -2.28. The van der Waals surface area contributed by atoms with Crippen LogP contribution in [0.25, 0.3) is 0 Å². The maximum atomic E-state index is 12.1. The van der Waals surface area contributed by atoms with Crippen molar-refractivity contribution in [1.82, 2.24) is 15.0 Å². The average molecular weight is 275 g/mol. The molecule has 96 valence electrons. The maximum absolute atomic E-state index is 12.1. The molecule has 1 saturated heterocycles. The quantitative estimate of drug-likeness (QED) is 0.858.